The minimum absolute atomic E-state index is 0.0630. The molecule has 1 amide bonds. The number of rotatable bonds is 9. The number of hydrogen-bond donors (Lipinski definition) is 1. The van der Waals surface area contributed by atoms with Crippen LogP contribution in [0.2, 0.25) is 0 Å². The van der Waals surface area contributed by atoms with E-state index in [1.165, 1.54) is 4.52 Å². The molecule has 3 rings (SSSR count). The van der Waals surface area contributed by atoms with E-state index in [0.717, 1.165) is 17.7 Å². The molecule has 0 unspecified atom stereocenters. The molecular formula is C23H30N4O5. The third-order valence-electron chi connectivity index (χ3n) is 5.56. The van der Waals surface area contributed by atoms with Crippen LogP contribution in [-0.2, 0) is 18.3 Å². The van der Waals surface area contributed by atoms with E-state index in [4.69, 9.17) is 14.2 Å². The minimum atomic E-state index is -0.224. The van der Waals surface area contributed by atoms with Crippen molar-refractivity contribution in [2.75, 3.05) is 27.9 Å². The number of amides is 1. The normalized spacial score (nSPS) is 10.9. The summed E-state index contributed by atoms with van der Waals surface area (Å²) >= 11 is 0. The SMILES string of the molecule is CCCNC(=O)CCc1c(C)n(C)c2cc(-c3cc(OC)c(OC)c(OC)c3)nn2c1=O. The van der Waals surface area contributed by atoms with Crippen molar-refractivity contribution < 1.29 is 19.0 Å². The van der Waals surface area contributed by atoms with Crippen molar-refractivity contribution in [1.29, 1.82) is 0 Å². The highest BCUT2D eigenvalue weighted by Gasteiger charge is 2.19. The molecule has 2 aromatic heterocycles. The highest BCUT2D eigenvalue weighted by molar-refractivity contribution is 5.76. The first-order valence-electron chi connectivity index (χ1n) is 10.5. The smallest absolute Gasteiger partial charge is 0.277 e. The maximum Gasteiger partial charge on any atom is 0.277 e. The van der Waals surface area contributed by atoms with Crippen molar-refractivity contribution >= 4 is 11.6 Å². The maximum absolute atomic E-state index is 13.2. The molecule has 32 heavy (non-hydrogen) atoms. The number of fused-ring (bicyclic) bond motifs is 1. The Morgan fingerprint density at radius 1 is 1.09 bits per heavy atom. The van der Waals surface area contributed by atoms with Crippen LogP contribution >= 0.6 is 0 Å². The van der Waals surface area contributed by atoms with Crippen molar-refractivity contribution in [3.63, 3.8) is 0 Å². The summed E-state index contributed by atoms with van der Waals surface area (Å²) in [5, 5.41) is 7.40. The Morgan fingerprint density at radius 2 is 1.75 bits per heavy atom. The molecule has 2 heterocycles. The van der Waals surface area contributed by atoms with Gasteiger partial charge in [-0.25, -0.2) is 0 Å². The zero-order valence-electron chi connectivity index (χ0n) is 19.4. The van der Waals surface area contributed by atoms with Crippen LogP contribution in [0.25, 0.3) is 16.9 Å². The second kappa shape index (κ2) is 9.76. The van der Waals surface area contributed by atoms with Crippen LogP contribution in [0.15, 0.2) is 23.0 Å². The van der Waals surface area contributed by atoms with Gasteiger partial charge in [-0.15, -0.1) is 0 Å². The van der Waals surface area contributed by atoms with E-state index in [1.54, 1.807) is 33.5 Å². The van der Waals surface area contributed by atoms with Gasteiger partial charge >= 0.3 is 0 Å². The lowest BCUT2D eigenvalue weighted by molar-refractivity contribution is -0.121. The van der Waals surface area contributed by atoms with Crippen molar-refractivity contribution in [2.45, 2.75) is 33.1 Å². The Labute approximate surface area is 186 Å². The molecule has 0 radical (unpaired) electrons. The number of carbonyl (C=O) groups excluding carboxylic acids is 1. The van der Waals surface area contributed by atoms with Gasteiger partial charge in [0.05, 0.1) is 27.0 Å². The summed E-state index contributed by atoms with van der Waals surface area (Å²) in [6.45, 7) is 4.51. The third-order valence-corrected chi connectivity index (χ3v) is 5.56. The predicted octanol–water partition coefficient (Wildman–Crippen LogP) is 2.49. The van der Waals surface area contributed by atoms with E-state index in [0.29, 0.717) is 47.1 Å². The van der Waals surface area contributed by atoms with Gasteiger partial charge in [0.2, 0.25) is 11.7 Å². The van der Waals surface area contributed by atoms with Crippen molar-refractivity contribution in [1.82, 2.24) is 19.5 Å². The highest BCUT2D eigenvalue weighted by atomic mass is 16.5. The zero-order chi connectivity index (χ0) is 23.4. The van der Waals surface area contributed by atoms with E-state index in [1.807, 2.05) is 31.5 Å². The lowest BCUT2D eigenvalue weighted by Gasteiger charge is -2.13. The van der Waals surface area contributed by atoms with E-state index in [9.17, 15) is 9.59 Å². The van der Waals surface area contributed by atoms with E-state index < -0.39 is 0 Å². The highest BCUT2D eigenvalue weighted by Crippen LogP contribution is 2.41. The lowest BCUT2D eigenvalue weighted by Crippen LogP contribution is -2.28. The molecule has 9 heteroatoms. The van der Waals surface area contributed by atoms with Crippen molar-refractivity contribution in [2.24, 2.45) is 7.05 Å². The van der Waals surface area contributed by atoms with Crippen molar-refractivity contribution in [3.05, 3.63) is 39.8 Å². The summed E-state index contributed by atoms with van der Waals surface area (Å²) in [5.41, 5.74) is 3.12. The summed E-state index contributed by atoms with van der Waals surface area (Å²) in [6.07, 6.45) is 1.47. The fourth-order valence-electron chi connectivity index (χ4n) is 3.67. The van der Waals surface area contributed by atoms with Crippen LogP contribution in [0.5, 0.6) is 17.2 Å². The standard InChI is InChI=1S/C23H30N4O5/c1-7-10-24-20(28)9-8-16-14(2)26(3)21-13-17(25-27(21)23(16)29)15-11-18(30-4)22(32-6)19(12-15)31-5/h11-13H,7-10H2,1-6H3,(H,24,28). The number of ether oxygens (including phenoxy) is 3. The number of nitrogens with zero attached hydrogens (tertiary/aromatic N) is 3. The number of hydrogen-bond acceptors (Lipinski definition) is 6. The Balaban J connectivity index is 2.06. The number of benzene rings is 1. The average molecular weight is 443 g/mol. The molecule has 0 aliphatic rings. The van der Waals surface area contributed by atoms with E-state index in [-0.39, 0.29) is 17.9 Å². The molecule has 0 saturated carbocycles. The summed E-state index contributed by atoms with van der Waals surface area (Å²) in [6, 6.07) is 5.42. The van der Waals surface area contributed by atoms with Gasteiger partial charge in [-0.2, -0.15) is 9.61 Å². The first-order chi connectivity index (χ1) is 15.4. The minimum Gasteiger partial charge on any atom is -0.493 e. The van der Waals surface area contributed by atoms with Crippen LogP contribution in [0, 0.1) is 6.92 Å². The largest absolute Gasteiger partial charge is 0.493 e. The molecule has 0 atom stereocenters. The lowest BCUT2D eigenvalue weighted by atomic mass is 10.1. The van der Waals surface area contributed by atoms with E-state index in [2.05, 4.69) is 10.4 Å². The summed E-state index contributed by atoms with van der Waals surface area (Å²) in [4.78, 5) is 25.2. The first-order valence-corrected chi connectivity index (χ1v) is 10.5. The number of nitrogens with one attached hydrogen (secondary N) is 1. The molecule has 1 aromatic carbocycles. The Morgan fingerprint density at radius 3 is 2.31 bits per heavy atom. The summed E-state index contributed by atoms with van der Waals surface area (Å²) in [7, 11) is 6.52. The van der Waals surface area contributed by atoms with Gasteiger partial charge in [-0.1, -0.05) is 6.92 Å². The van der Waals surface area contributed by atoms with Gasteiger partial charge in [0.1, 0.15) is 5.65 Å². The molecule has 1 N–H and O–H groups in total. The van der Waals surface area contributed by atoms with Crippen molar-refractivity contribution in [3.8, 4) is 28.5 Å². The van der Waals surface area contributed by atoms with Gasteiger partial charge in [0, 0.05) is 42.9 Å². The Hall–Kier alpha value is -3.49. The molecule has 172 valence electrons. The van der Waals surface area contributed by atoms with Crippen LogP contribution in [0.3, 0.4) is 0 Å². The van der Waals surface area contributed by atoms with Crippen LogP contribution in [-0.4, -0.2) is 48.0 Å². The predicted molar refractivity (Wildman–Crippen MR) is 122 cm³/mol. The van der Waals surface area contributed by atoms with E-state index >= 15 is 0 Å². The van der Waals surface area contributed by atoms with Gasteiger partial charge < -0.3 is 24.1 Å². The molecule has 0 aliphatic carbocycles. The Kier molecular flexibility index (Phi) is 7.07. The summed E-state index contributed by atoms with van der Waals surface area (Å²) in [5.74, 6) is 1.42. The molecule has 0 aliphatic heterocycles. The number of carbonyl (C=O) groups is 1. The second-order valence-electron chi connectivity index (χ2n) is 7.49. The topological polar surface area (TPSA) is 96.1 Å². The fraction of sp³-hybridized carbons (Fsp3) is 0.435. The molecule has 3 aromatic rings. The first kappa shape index (κ1) is 23.2. The average Bonchev–Trinajstić information content (AvgIpc) is 3.26. The van der Waals surface area contributed by atoms with Crippen LogP contribution < -0.4 is 25.1 Å². The van der Waals surface area contributed by atoms with Crippen LogP contribution in [0.4, 0.5) is 0 Å². The zero-order valence-corrected chi connectivity index (χ0v) is 19.4. The van der Waals surface area contributed by atoms with Gasteiger partial charge in [-0.3, -0.25) is 9.59 Å². The van der Waals surface area contributed by atoms with Gasteiger partial charge in [0.15, 0.2) is 11.5 Å². The second-order valence-corrected chi connectivity index (χ2v) is 7.49. The molecule has 0 saturated heterocycles. The molecule has 0 bridgehead atoms. The summed E-state index contributed by atoms with van der Waals surface area (Å²) < 4.78 is 19.6. The molecular weight excluding hydrogens is 412 g/mol. The molecule has 0 spiro atoms. The third kappa shape index (κ3) is 4.28. The van der Waals surface area contributed by atoms with Gasteiger partial charge in [0.25, 0.3) is 5.56 Å². The van der Waals surface area contributed by atoms with Crippen LogP contribution in [0.1, 0.15) is 31.0 Å². The maximum atomic E-state index is 13.2. The van der Waals surface area contributed by atoms with Gasteiger partial charge in [-0.05, 0) is 31.9 Å². The number of aromatic nitrogens is 3. The molecule has 9 nitrogen and oxygen atoms in total. The fourth-order valence-corrected chi connectivity index (χ4v) is 3.67. The number of methoxy groups -OCH3 is 3. The number of aryl methyl sites for hydroxylation is 1. The quantitative estimate of drug-likeness (QED) is 0.547. The molecule has 0 fully saturated rings. The monoisotopic (exact) mass is 442 g/mol. The Bertz CT molecular complexity index is 1170.